The van der Waals surface area contributed by atoms with Crippen molar-refractivity contribution in [1.82, 2.24) is 0 Å². The Morgan fingerprint density at radius 1 is 1.40 bits per heavy atom. The number of benzene rings is 1. The molecule has 0 amide bonds. The number of halogens is 3. The molecule has 1 aromatic rings. The zero-order valence-corrected chi connectivity index (χ0v) is 8.02. The molecule has 2 nitrogen and oxygen atoms in total. The smallest absolute Gasteiger partial charge is 0.399 e. The summed E-state index contributed by atoms with van der Waals surface area (Å²) in [5.74, 6) is 0. The number of alkyl halides is 3. The highest BCUT2D eigenvalue weighted by molar-refractivity contribution is 6.09. The third-order valence-corrected chi connectivity index (χ3v) is 2.11. The second kappa shape index (κ2) is 3.85. The molecule has 0 aliphatic heterocycles. The molecule has 0 aliphatic rings. The number of rotatable bonds is 1. The summed E-state index contributed by atoms with van der Waals surface area (Å²) in [6.45, 7) is 0. The van der Waals surface area contributed by atoms with E-state index in [4.69, 9.17) is 11.0 Å². The topological polar surface area (TPSA) is 49.8 Å². The van der Waals surface area contributed by atoms with Crippen molar-refractivity contribution in [1.29, 1.82) is 5.26 Å². The van der Waals surface area contributed by atoms with Crippen LogP contribution in [0.3, 0.4) is 0 Å². The molecule has 0 saturated heterocycles. The van der Waals surface area contributed by atoms with Gasteiger partial charge in [-0.1, -0.05) is 6.32 Å². The second-order valence-electron chi connectivity index (χ2n) is 3.02. The first-order chi connectivity index (χ1) is 6.91. The van der Waals surface area contributed by atoms with Gasteiger partial charge < -0.3 is 5.73 Å². The summed E-state index contributed by atoms with van der Waals surface area (Å²) in [6.07, 6.45) is -4.39. The summed E-state index contributed by atoms with van der Waals surface area (Å²) in [6, 6.07) is 3.95. The van der Waals surface area contributed by atoms with Crippen LogP contribution in [-0.2, 0) is 12.5 Å². The number of anilines is 1. The number of nitrogens with two attached hydrogens (primary N) is 1. The summed E-state index contributed by atoms with van der Waals surface area (Å²) in [7, 11) is 1.57. The van der Waals surface area contributed by atoms with Gasteiger partial charge in [-0.05, 0) is 17.7 Å². The summed E-state index contributed by atoms with van der Waals surface area (Å²) in [5.41, 5.74) is 4.21. The molecule has 78 valence electrons. The first kappa shape index (κ1) is 11.4. The Labute approximate surface area is 85.9 Å². The Morgan fingerprint density at radius 2 is 2.00 bits per heavy atom. The minimum Gasteiger partial charge on any atom is -0.399 e. The van der Waals surface area contributed by atoms with Gasteiger partial charge in [-0.25, -0.2) is 0 Å². The molecule has 0 atom stereocenters. The van der Waals surface area contributed by atoms with Crippen molar-refractivity contribution < 1.29 is 13.2 Å². The van der Waals surface area contributed by atoms with E-state index in [0.29, 0.717) is 0 Å². The van der Waals surface area contributed by atoms with Crippen molar-refractivity contribution in [2.45, 2.75) is 12.5 Å². The van der Waals surface area contributed by atoms with Crippen LogP contribution in [-0.4, -0.2) is 7.85 Å². The van der Waals surface area contributed by atoms with Crippen LogP contribution >= 0.6 is 0 Å². The molecule has 0 aliphatic carbocycles. The fourth-order valence-electron chi connectivity index (χ4n) is 1.46. The van der Waals surface area contributed by atoms with Gasteiger partial charge in [0.25, 0.3) is 0 Å². The van der Waals surface area contributed by atoms with Gasteiger partial charge in [0.2, 0.25) is 0 Å². The van der Waals surface area contributed by atoms with E-state index in [-0.39, 0.29) is 23.1 Å². The average molecular weight is 212 g/mol. The van der Waals surface area contributed by atoms with Gasteiger partial charge in [-0.2, -0.15) is 18.4 Å². The molecule has 0 saturated carbocycles. The molecule has 2 N–H and O–H groups in total. The summed E-state index contributed by atoms with van der Waals surface area (Å²) in [4.78, 5) is 0. The van der Waals surface area contributed by atoms with Gasteiger partial charge in [0.15, 0.2) is 0 Å². The van der Waals surface area contributed by atoms with Gasteiger partial charge in [-0.15, -0.1) is 0 Å². The molecular formula is C9H8BF3N2. The lowest BCUT2D eigenvalue weighted by atomic mass is 9.89. The Kier molecular flexibility index (Phi) is 2.94. The van der Waals surface area contributed by atoms with Gasteiger partial charge in [-0.3, -0.25) is 0 Å². The van der Waals surface area contributed by atoms with Crippen molar-refractivity contribution in [3.05, 3.63) is 28.8 Å². The molecule has 1 aromatic carbocycles. The lowest BCUT2D eigenvalue weighted by Crippen LogP contribution is -2.14. The molecule has 0 heterocycles. The Balaban J connectivity index is 3.57. The number of nitrogen functional groups attached to an aromatic ring is 1. The van der Waals surface area contributed by atoms with Gasteiger partial charge >= 0.3 is 6.18 Å². The van der Waals surface area contributed by atoms with E-state index in [1.54, 1.807) is 7.85 Å². The van der Waals surface area contributed by atoms with Crippen molar-refractivity contribution >= 4 is 13.5 Å². The van der Waals surface area contributed by atoms with E-state index >= 15 is 0 Å². The predicted octanol–water partition coefficient (Wildman–Crippen LogP) is 1.29. The maximum atomic E-state index is 12.7. The van der Waals surface area contributed by atoms with Gasteiger partial charge in [0.05, 0.1) is 17.2 Å². The van der Waals surface area contributed by atoms with E-state index in [1.807, 2.05) is 0 Å². The van der Waals surface area contributed by atoms with Crippen LogP contribution < -0.4 is 5.73 Å². The van der Waals surface area contributed by atoms with Crippen molar-refractivity contribution in [3.8, 4) is 6.07 Å². The average Bonchev–Trinajstić information content (AvgIpc) is 2.15. The Morgan fingerprint density at radius 3 is 2.40 bits per heavy atom. The van der Waals surface area contributed by atoms with E-state index in [2.05, 4.69) is 0 Å². The van der Waals surface area contributed by atoms with Gasteiger partial charge in [0, 0.05) is 5.69 Å². The zero-order chi connectivity index (χ0) is 11.6. The minimum absolute atomic E-state index is 0.0125. The van der Waals surface area contributed by atoms with Crippen molar-refractivity contribution in [3.63, 3.8) is 0 Å². The van der Waals surface area contributed by atoms with E-state index in [9.17, 15) is 13.2 Å². The fraction of sp³-hybridized carbons (Fsp3) is 0.222. The summed E-state index contributed by atoms with van der Waals surface area (Å²) in [5, 5.41) is 8.60. The molecule has 0 bridgehead atoms. The molecule has 15 heavy (non-hydrogen) atoms. The van der Waals surface area contributed by atoms with Crippen molar-refractivity contribution in [2.75, 3.05) is 5.73 Å². The van der Waals surface area contributed by atoms with Crippen molar-refractivity contribution in [2.24, 2.45) is 0 Å². The quantitative estimate of drug-likeness (QED) is 0.563. The lowest BCUT2D eigenvalue weighted by Gasteiger charge is -2.15. The Bertz CT molecular complexity index is 421. The highest BCUT2D eigenvalue weighted by Crippen LogP contribution is 2.36. The number of nitrogens with zero attached hydrogens (tertiary/aromatic N) is 1. The first-order valence-corrected chi connectivity index (χ1v) is 4.30. The monoisotopic (exact) mass is 212 g/mol. The zero-order valence-electron chi connectivity index (χ0n) is 8.02. The van der Waals surface area contributed by atoms with E-state index < -0.39 is 11.7 Å². The molecule has 0 spiro atoms. The van der Waals surface area contributed by atoms with Gasteiger partial charge in [0.1, 0.15) is 7.85 Å². The highest BCUT2D eigenvalue weighted by atomic mass is 19.4. The molecule has 0 radical (unpaired) electrons. The molecule has 6 heteroatoms. The van der Waals surface area contributed by atoms with Crippen LogP contribution in [0.25, 0.3) is 0 Å². The van der Waals surface area contributed by atoms with Crippen LogP contribution in [0.1, 0.15) is 16.7 Å². The minimum atomic E-state index is -4.54. The van der Waals surface area contributed by atoms with Crippen LogP contribution in [0.5, 0.6) is 0 Å². The van der Waals surface area contributed by atoms with E-state index in [1.165, 1.54) is 12.1 Å². The fourth-order valence-corrected chi connectivity index (χ4v) is 1.46. The molecule has 0 aromatic heterocycles. The molecule has 0 unspecified atom stereocenters. The third kappa shape index (κ3) is 2.06. The van der Waals surface area contributed by atoms with Crippen LogP contribution in [0.4, 0.5) is 18.9 Å². The van der Waals surface area contributed by atoms with Crippen LogP contribution in [0.15, 0.2) is 12.1 Å². The molecular weight excluding hydrogens is 204 g/mol. The Hall–Kier alpha value is -1.64. The van der Waals surface area contributed by atoms with Crippen LogP contribution in [0.2, 0.25) is 0 Å². The number of hydrogen-bond donors (Lipinski definition) is 1. The summed E-state index contributed by atoms with van der Waals surface area (Å²) < 4.78 is 38.0. The number of nitriles is 1. The largest absolute Gasteiger partial charge is 0.417 e. The molecule has 0 fully saturated rings. The first-order valence-electron chi connectivity index (χ1n) is 4.30. The third-order valence-electron chi connectivity index (χ3n) is 2.11. The second-order valence-corrected chi connectivity index (χ2v) is 3.02. The standard InChI is InChI=1S/C9H8BF3N2/c10-3-6-7(15)2-1-5(4-14)8(6)9(11,12)13/h1-2H,3,10,15H2. The highest BCUT2D eigenvalue weighted by Gasteiger charge is 2.36. The predicted molar refractivity (Wildman–Crippen MR) is 52.8 cm³/mol. The van der Waals surface area contributed by atoms with E-state index in [0.717, 1.165) is 6.07 Å². The van der Waals surface area contributed by atoms with Crippen LogP contribution in [0, 0.1) is 11.3 Å². The lowest BCUT2D eigenvalue weighted by molar-refractivity contribution is -0.138. The molecule has 1 rings (SSSR count). The maximum Gasteiger partial charge on any atom is 0.417 e. The number of hydrogen-bond acceptors (Lipinski definition) is 2. The SMILES string of the molecule is BCc1c(N)ccc(C#N)c1C(F)(F)F. The maximum absolute atomic E-state index is 12.7. The normalized spacial score (nSPS) is 11.1. The summed E-state index contributed by atoms with van der Waals surface area (Å²) >= 11 is 0.